The zero-order valence-electron chi connectivity index (χ0n) is 14.4. The van der Waals surface area contributed by atoms with Crippen LogP contribution in [0.1, 0.15) is 13.8 Å². The van der Waals surface area contributed by atoms with Gasteiger partial charge in [-0.2, -0.15) is 0 Å². The van der Waals surface area contributed by atoms with Crippen molar-refractivity contribution in [3.05, 3.63) is 64.8 Å². The number of aliphatic hydroxyl groups is 1. The van der Waals surface area contributed by atoms with Crippen LogP contribution in [-0.4, -0.2) is 27.2 Å². The van der Waals surface area contributed by atoms with E-state index in [2.05, 4.69) is 4.98 Å². The minimum Gasteiger partial charge on any atom is -0.491 e. The number of ether oxygens (including phenoxy) is 2. The lowest BCUT2D eigenvalue weighted by Crippen LogP contribution is -2.27. The molecule has 1 aromatic heterocycles. The molecule has 3 aromatic rings. The van der Waals surface area contributed by atoms with Gasteiger partial charge < -0.3 is 14.6 Å². The van der Waals surface area contributed by atoms with Crippen molar-refractivity contribution in [3.63, 3.8) is 0 Å². The summed E-state index contributed by atoms with van der Waals surface area (Å²) in [6.07, 6.45) is 1.61. The van der Waals surface area contributed by atoms with Crippen LogP contribution in [0.5, 0.6) is 17.2 Å². The molecule has 0 fully saturated rings. The standard InChI is InChI=1S/C19H18N2O5/c1-19(2,22)12-25-15-7-8-16-17(11-15)20-10-9-18(16)26-14-5-3-13(4-6-14)21(23)24/h3-11,22H,12H2,1-2H3. The van der Waals surface area contributed by atoms with Gasteiger partial charge in [-0.05, 0) is 44.2 Å². The monoisotopic (exact) mass is 354 g/mol. The summed E-state index contributed by atoms with van der Waals surface area (Å²) in [6, 6.07) is 13.0. The van der Waals surface area contributed by atoms with E-state index in [1.807, 2.05) is 6.07 Å². The molecular weight excluding hydrogens is 336 g/mol. The number of nitro groups is 1. The SMILES string of the molecule is CC(C)(O)COc1ccc2c(Oc3ccc([N+](=O)[O-])cc3)ccnc2c1. The summed E-state index contributed by atoms with van der Waals surface area (Å²) in [6.45, 7) is 3.50. The highest BCUT2D eigenvalue weighted by Crippen LogP contribution is 2.31. The van der Waals surface area contributed by atoms with E-state index in [9.17, 15) is 15.2 Å². The van der Waals surface area contributed by atoms with Crippen molar-refractivity contribution in [2.45, 2.75) is 19.4 Å². The van der Waals surface area contributed by atoms with Crippen LogP contribution >= 0.6 is 0 Å². The van der Waals surface area contributed by atoms with E-state index in [-0.39, 0.29) is 12.3 Å². The highest BCUT2D eigenvalue weighted by atomic mass is 16.6. The van der Waals surface area contributed by atoms with Gasteiger partial charge in [-0.25, -0.2) is 0 Å². The third kappa shape index (κ3) is 4.25. The molecule has 0 radical (unpaired) electrons. The number of hydrogen-bond donors (Lipinski definition) is 1. The molecule has 0 aliphatic rings. The Kier molecular flexibility index (Phi) is 4.73. The Morgan fingerprint density at radius 3 is 2.46 bits per heavy atom. The summed E-state index contributed by atoms with van der Waals surface area (Å²) in [7, 11) is 0. The summed E-state index contributed by atoms with van der Waals surface area (Å²) in [5.41, 5.74) is -0.244. The summed E-state index contributed by atoms with van der Waals surface area (Å²) in [5.74, 6) is 1.67. The molecule has 134 valence electrons. The van der Waals surface area contributed by atoms with Gasteiger partial charge in [-0.15, -0.1) is 0 Å². The largest absolute Gasteiger partial charge is 0.491 e. The second kappa shape index (κ2) is 6.97. The van der Waals surface area contributed by atoms with Gasteiger partial charge in [0.25, 0.3) is 5.69 Å². The smallest absolute Gasteiger partial charge is 0.269 e. The fourth-order valence-electron chi connectivity index (χ4n) is 2.30. The van der Waals surface area contributed by atoms with Crippen molar-refractivity contribution >= 4 is 16.6 Å². The predicted molar refractivity (Wildman–Crippen MR) is 96.7 cm³/mol. The van der Waals surface area contributed by atoms with Gasteiger partial charge in [0.2, 0.25) is 0 Å². The van der Waals surface area contributed by atoms with Crippen LogP contribution in [-0.2, 0) is 0 Å². The minimum absolute atomic E-state index is 0.00512. The number of nitrogens with zero attached hydrogens (tertiary/aromatic N) is 2. The molecule has 0 bridgehead atoms. The van der Waals surface area contributed by atoms with Crippen molar-refractivity contribution in [2.24, 2.45) is 0 Å². The van der Waals surface area contributed by atoms with Crippen LogP contribution in [0.15, 0.2) is 54.7 Å². The molecule has 0 saturated carbocycles. The number of fused-ring (bicyclic) bond motifs is 1. The molecule has 7 nitrogen and oxygen atoms in total. The molecule has 0 unspecified atom stereocenters. The van der Waals surface area contributed by atoms with Gasteiger partial charge in [0.15, 0.2) is 0 Å². The van der Waals surface area contributed by atoms with Crippen molar-refractivity contribution in [3.8, 4) is 17.2 Å². The fraction of sp³-hybridized carbons (Fsp3) is 0.211. The van der Waals surface area contributed by atoms with Crippen LogP contribution in [0.4, 0.5) is 5.69 Å². The first-order valence-electron chi connectivity index (χ1n) is 7.98. The summed E-state index contributed by atoms with van der Waals surface area (Å²) >= 11 is 0. The Morgan fingerprint density at radius 1 is 1.12 bits per heavy atom. The van der Waals surface area contributed by atoms with E-state index >= 15 is 0 Å². The first-order chi connectivity index (χ1) is 12.3. The van der Waals surface area contributed by atoms with E-state index in [1.165, 1.54) is 12.1 Å². The Balaban J connectivity index is 1.84. The predicted octanol–water partition coefficient (Wildman–Crippen LogP) is 4.09. The maximum absolute atomic E-state index is 10.7. The van der Waals surface area contributed by atoms with Crippen LogP contribution < -0.4 is 9.47 Å². The Hall–Kier alpha value is -3.19. The van der Waals surface area contributed by atoms with E-state index in [0.29, 0.717) is 22.8 Å². The molecule has 0 aliphatic heterocycles. The summed E-state index contributed by atoms with van der Waals surface area (Å²) in [4.78, 5) is 14.6. The molecule has 7 heteroatoms. The number of pyridine rings is 1. The normalized spacial score (nSPS) is 11.3. The Morgan fingerprint density at radius 2 is 1.81 bits per heavy atom. The second-order valence-electron chi connectivity index (χ2n) is 6.44. The van der Waals surface area contributed by atoms with Crippen LogP contribution in [0.2, 0.25) is 0 Å². The first-order valence-corrected chi connectivity index (χ1v) is 7.98. The van der Waals surface area contributed by atoms with Crippen molar-refractivity contribution in [1.82, 2.24) is 4.98 Å². The minimum atomic E-state index is -0.927. The van der Waals surface area contributed by atoms with Gasteiger partial charge in [-0.1, -0.05) is 0 Å². The molecule has 1 N–H and O–H groups in total. The topological polar surface area (TPSA) is 94.7 Å². The quantitative estimate of drug-likeness (QED) is 0.529. The molecule has 0 atom stereocenters. The van der Waals surface area contributed by atoms with E-state index < -0.39 is 10.5 Å². The number of rotatable bonds is 6. The van der Waals surface area contributed by atoms with E-state index in [0.717, 1.165) is 5.39 Å². The Labute approximate surface area is 150 Å². The molecule has 0 saturated heterocycles. The molecule has 2 aromatic carbocycles. The lowest BCUT2D eigenvalue weighted by atomic mass is 10.1. The summed E-state index contributed by atoms with van der Waals surface area (Å²) < 4.78 is 11.4. The van der Waals surface area contributed by atoms with Crippen LogP contribution in [0, 0.1) is 10.1 Å². The number of non-ortho nitro benzene ring substituents is 1. The average Bonchev–Trinajstić information content (AvgIpc) is 2.60. The lowest BCUT2D eigenvalue weighted by Gasteiger charge is -2.18. The second-order valence-corrected chi connectivity index (χ2v) is 6.44. The molecular formula is C19H18N2O5. The van der Waals surface area contributed by atoms with Gasteiger partial charge in [-0.3, -0.25) is 15.1 Å². The number of nitro benzene ring substituents is 1. The van der Waals surface area contributed by atoms with Crippen molar-refractivity contribution in [2.75, 3.05) is 6.61 Å². The van der Waals surface area contributed by atoms with Crippen molar-refractivity contribution in [1.29, 1.82) is 0 Å². The molecule has 0 amide bonds. The van der Waals surface area contributed by atoms with Crippen LogP contribution in [0.25, 0.3) is 10.9 Å². The first kappa shape index (κ1) is 17.6. The third-order valence-electron chi connectivity index (χ3n) is 3.54. The van der Waals surface area contributed by atoms with Gasteiger partial charge >= 0.3 is 0 Å². The zero-order valence-corrected chi connectivity index (χ0v) is 14.4. The number of benzene rings is 2. The van der Waals surface area contributed by atoms with Gasteiger partial charge in [0, 0.05) is 29.8 Å². The maximum atomic E-state index is 10.7. The van der Waals surface area contributed by atoms with Gasteiger partial charge in [0.05, 0.1) is 16.0 Å². The molecule has 26 heavy (non-hydrogen) atoms. The Bertz CT molecular complexity index is 933. The zero-order chi connectivity index (χ0) is 18.7. The molecule has 1 heterocycles. The number of hydrogen-bond acceptors (Lipinski definition) is 6. The molecule has 0 spiro atoms. The average molecular weight is 354 g/mol. The van der Waals surface area contributed by atoms with Gasteiger partial charge in [0.1, 0.15) is 23.9 Å². The molecule has 0 aliphatic carbocycles. The molecule has 3 rings (SSSR count). The highest BCUT2D eigenvalue weighted by molar-refractivity contribution is 5.86. The van der Waals surface area contributed by atoms with Crippen molar-refractivity contribution < 1.29 is 19.5 Å². The highest BCUT2D eigenvalue weighted by Gasteiger charge is 2.14. The maximum Gasteiger partial charge on any atom is 0.269 e. The summed E-state index contributed by atoms with van der Waals surface area (Å²) in [5, 5.41) is 21.3. The van der Waals surface area contributed by atoms with E-state index in [4.69, 9.17) is 9.47 Å². The lowest BCUT2D eigenvalue weighted by molar-refractivity contribution is -0.384. The third-order valence-corrected chi connectivity index (χ3v) is 3.54. The van der Waals surface area contributed by atoms with E-state index in [1.54, 1.807) is 50.4 Å². The van der Waals surface area contributed by atoms with Crippen LogP contribution in [0.3, 0.4) is 0 Å². The fourth-order valence-corrected chi connectivity index (χ4v) is 2.30. The number of aromatic nitrogens is 1.